The van der Waals surface area contributed by atoms with Gasteiger partial charge in [0.2, 0.25) is 0 Å². The summed E-state index contributed by atoms with van der Waals surface area (Å²) in [6.45, 7) is 1.23. The van der Waals surface area contributed by atoms with Gasteiger partial charge < -0.3 is 19.5 Å². The molecular formula is C33H31N2O3S2-. The van der Waals surface area contributed by atoms with Crippen molar-refractivity contribution in [1.29, 1.82) is 0 Å². The molecule has 204 valence electrons. The fourth-order valence-corrected chi connectivity index (χ4v) is 7.52. The third-order valence-electron chi connectivity index (χ3n) is 7.61. The van der Waals surface area contributed by atoms with Gasteiger partial charge in [0, 0.05) is 24.8 Å². The molecule has 1 aliphatic heterocycles. The largest absolute Gasteiger partial charge is 0.530 e. The Morgan fingerprint density at radius 1 is 0.975 bits per heavy atom. The molecule has 6 rings (SSSR count). The van der Waals surface area contributed by atoms with Crippen LogP contribution in [0.5, 0.6) is 0 Å². The van der Waals surface area contributed by atoms with Crippen LogP contribution in [0.25, 0.3) is 21.0 Å². The molecule has 1 fully saturated rings. The zero-order valence-electron chi connectivity index (χ0n) is 22.2. The molecule has 40 heavy (non-hydrogen) atoms. The molecule has 2 atom stereocenters. The second-order valence-electron chi connectivity index (χ2n) is 10.3. The smallest absolute Gasteiger partial charge is 0.151 e. The molecule has 0 spiro atoms. The van der Waals surface area contributed by atoms with E-state index < -0.39 is 6.09 Å². The number of thioether (sulfide) groups is 1. The maximum Gasteiger partial charge on any atom is 0.151 e. The molecule has 4 aromatic carbocycles. The summed E-state index contributed by atoms with van der Waals surface area (Å²) in [7, 11) is 0. The van der Waals surface area contributed by atoms with E-state index in [-0.39, 0.29) is 12.0 Å². The minimum atomic E-state index is -1.13. The van der Waals surface area contributed by atoms with Gasteiger partial charge in [-0.05, 0) is 64.9 Å². The topological polar surface area (TPSA) is 65.5 Å². The van der Waals surface area contributed by atoms with E-state index in [0.717, 1.165) is 34.0 Å². The number of nitrogens with zero attached hydrogens (tertiary/aromatic N) is 2. The number of likely N-dealkylation sites (tertiary alicyclic amines) is 1. The lowest BCUT2D eigenvalue weighted by Crippen LogP contribution is -2.51. The number of hydrogen-bond acceptors (Lipinski definition) is 6. The van der Waals surface area contributed by atoms with E-state index >= 15 is 0 Å². The number of piperidine rings is 1. The van der Waals surface area contributed by atoms with Crippen LogP contribution in [-0.2, 0) is 17.8 Å². The van der Waals surface area contributed by atoms with Gasteiger partial charge in [0.05, 0.1) is 22.9 Å². The molecule has 1 aliphatic rings. The van der Waals surface area contributed by atoms with Crippen molar-refractivity contribution in [1.82, 2.24) is 9.88 Å². The molecule has 0 saturated carbocycles. The maximum atomic E-state index is 11.6. The highest BCUT2D eigenvalue weighted by Crippen LogP contribution is 2.32. The van der Waals surface area contributed by atoms with Crippen molar-refractivity contribution >= 4 is 50.2 Å². The van der Waals surface area contributed by atoms with E-state index in [1.165, 1.54) is 31.5 Å². The monoisotopic (exact) mass is 567 g/mol. The Morgan fingerprint density at radius 2 is 1.75 bits per heavy atom. The number of rotatable bonds is 9. The summed E-state index contributed by atoms with van der Waals surface area (Å²) in [5, 5.41) is 14.0. The van der Waals surface area contributed by atoms with Crippen molar-refractivity contribution < 1.29 is 14.6 Å². The number of aromatic nitrogens is 1. The van der Waals surface area contributed by atoms with Crippen LogP contribution in [0.3, 0.4) is 0 Å². The average Bonchev–Trinajstić information content (AvgIpc) is 3.41. The predicted molar refractivity (Wildman–Crippen MR) is 162 cm³/mol. The van der Waals surface area contributed by atoms with Crippen LogP contribution in [0.2, 0.25) is 0 Å². The summed E-state index contributed by atoms with van der Waals surface area (Å²) in [6.07, 6.45) is 1.46. The highest BCUT2D eigenvalue weighted by atomic mass is 32.2. The molecule has 1 aromatic heterocycles. The van der Waals surface area contributed by atoms with Crippen LogP contribution in [0.15, 0.2) is 95.3 Å². The Hall–Kier alpha value is -3.39. The summed E-state index contributed by atoms with van der Waals surface area (Å²) in [6, 6.07) is 31.7. The lowest BCUT2D eigenvalue weighted by Gasteiger charge is -2.40. The van der Waals surface area contributed by atoms with Crippen LogP contribution in [0.4, 0.5) is 4.79 Å². The zero-order chi connectivity index (χ0) is 27.3. The SMILES string of the molecule is O=C([O-])N1CCC(c2ccc(CCCSc3nc4ccccc4s3)cc2)C(OCc2ccc3ccccc3c2)C1. The molecule has 2 heterocycles. The lowest BCUT2D eigenvalue weighted by atomic mass is 9.86. The maximum absolute atomic E-state index is 11.6. The van der Waals surface area contributed by atoms with E-state index in [1.54, 1.807) is 11.3 Å². The van der Waals surface area contributed by atoms with Crippen LogP contribution >= 0.6 is 23.1 Å². The van der Waals surface area contributed by atoms with Crippen LogP contribution in [-0.4, -0.2) is 40.9 Å². The Balaban J connectivity index is 1.06. The molecule has 7 heteroatoms. The van der Waals surface area contributed by atoms with Crippen molar-refractivity contribution in [2.75, 3.05) is 18.8 Å². The van der Waals surface area contributed by atoms with E-state index in [0.29, 0.717) is 26.1 Å². The number of fused-ring (bicyclic) bond motifs is 2. The highest BCUT2D eigenvalue weighted by molar-refractivity contribution is 8.01. The second-order valence-corrected chi connectivity index (χ2v) is 12.7. The fourth-order valence-electron chi connectivity index (χ4n) is 5.44. The van der Waals surface area contributed by atoms with E-state index in [1.807, 2.05) is 30.0 Å². The third-order valence-corrected chi connectivity index (χ3v) is 9.88. The van der Waals surface area contributed by atoms with Crippen LogP contribution in [0, 0.1) is 0 Å². The zero-order valence-corrected chi connectivity index (χ0v) is 23.8. The first kappa shape index (κ1) is 26.8. The van der Waals surface area contributed by atoms with E-state index in [9.17, 15) is 9.90 Å². The Bertz CT molecular complexity index is 1570. The first-order valence-corrected chi connectivity index (χ1v) is 15.5. The first-order valence-electron chi connectivity index (χ1n) is 13.7. The summed E-state index contributed by atoms with van der Waals surface area (Å²) in [5.41, 5.74) is 4.68. The Labute approximate surface area is 242 Å². The summed E-state index contributed by atoms with van der Waals surface area (Å²) >= 11 is 3.59. The van der Waals surface area contributed by atoms with E-state index in [4.69, 9.17) is 9.72 Å². The van der Waals surface area contributed by atoms with Crippen molar-refractivity contribution in [3.8, 4) is 0 Å². The fraction of sp³-hybridized carbons (Fsp3) is 0.273. The number of carbonyl (C=O) groups excluding carboxylic acids is 1. The first-order chi connectivity index (χ1) is 19.6. The quantitative estimate of drug-likeness (QED) is 0.143. The minimum absolute atomic E-state index is 0.139. The molecule has 0 N–H and O–H groups in total. The summed E-state index contributed by atoms with van der Waals surface area (Å²) in [5.74, 6) is 1.17. The van der Waals surface area contributed by atoms with Gasteiger partial charge in [0.25, 0.3) is 0 Å². The van der Waals surface area contributed by atoms with Gasteiger partial charge in [-0.1, -0.05) is 84.6 Å². The Morgan fingerprint density at radius 3 is 2.58 bits per heavy atom. The molecule has 2 unspecified atom stereocenters. The normalized spacial score (nSPS) is 17.4. The third kappa shape index (κ3) is 6.33. The minimum Gasteiger partial charge on any atom is -0.530 e. The molecule has 1 saturated heterocycles. The van der Waals surface area contributed by atoms with Gasteiger partial charge in [-0.15, -0.1) is 11.3 Å². The Kier molecular flexibility index (Phi) is 8.32. The van der Waals surface area contributed by atoms with Crippen LogP contribution < -0.4 is 5.11 Å². The second kappa shape index (κ2) is 12.4. The summed E-state index contributed by atoms with van der Waals surface area (Å²) < 4.78 is 8.77. The number of aryl methyl sites for hydroxylation is 1. The van der Waals surface area contributed by atoms with Gasteiger partial charge >= 0.3 is 0 Å². The van der Waals surface area contributed by atoms with E-state index in [2.05, 4.69) is 72.8 Å². The molecular weight excluding hydrogens is 537 g/mol. The van der Waals surface area contributed by atoms with Gasteiger partial charge in [-0.2, -0.15) is 0 Å². The van der Waals surface area contributed by atoms with Gasteiger partial charge in [0.15, 0.2) is 4.34 Å². The number of thiazole rings is 1. The average molecular weight is 568 g/mol. The van der Waals surface area contributed by atoms with Crippen molar-refractivity contribution in [2.45, 2.75) is 42.2 Å². The standard InChI is InChI=1S/C33H32N2O3S2/c36-33(37)35-18-17-28(30(21-35)38-22-24-13-14-25-7-1-2-8-27(25)20-24)26-15-11-23(12-16-26)6-5-19-39-32-34-29-9-3-4-10-31(29)40-32/h1-4,7-16,20,28,30H,5-6,17-19,21-22H2,(H,36,37)/p-1. The highest BCUT2D eigenvalue weighted by Gasteiger charge is 2.31. The van der Waals surface area contributed by atoms with Crippen molar-refractivity contribution in [3.05, 3.63) is 108 Å². The summed E-state index contributed by atoms with van der Waals surface area (Å²) in [4.78, 5) is 17.7. The number of carboxylic acid groups (broad SMARTS) is 1. The van der Waals surface area contributed by atoms with Crippen molar-refractivity contribution in [2.24, 2.45) is 0 Å². The molecule has 5 aromatic rings. The molecule has 0 radical (unpaired) electrons. The molecule has 0 aliphatic carbocycles. The number of amides is 1. The lowest BCUT2D eigenvalue weighted by molar-refractivity contribution is -0.268. The van der Waals surface area contributed by atoms with Gasteiger partial charge in [-0.25, -0.2) is 4.98 Å². The van der Waals surface area contributed by atoms with Gasteiger partial charge in [0.1, 0.15) is 6.09 Å². The van der Waals surface area contributed by atoms with Crippen molar-refractivity contribution in [3.63, 3.8) is 0 Å². The van der Waals surface area contributed by atoms with Crippen LogP contribution in [0.1, 0.15) is 35.4 Å². The number of benzene rings is 4. The molecule has 0 bridgehead atoms. The molecule has 1 amide bonds. The number of para-hydroxylation sites is 1. The number of hydrogen-bond donors (Lipinski definition) is 0. The predicted octanol–water partition coefficient (Wildman–Crippen LogP) is 6.89. The van der Waals surface area contributed by atoms with Gasteiger partial charge in [-0.3, -0.25) is 0 Å². The number of ether oxygens (including phenoxy) is 1. The molecule has 5 nitrogen and oxygen atoms in total. The number of carbonyl (C=O) groups is 1.